The van der Waals surface area contributed by atoms with E-state index < -0.39 is 0 Å². The van der Waals surface area contributed by atoms with Gasteiger partial charge in [0.05, 0.1) is 6.10 Å². The topological polar surface area (TPSA) is 20.2 Å². The maximum Gasteiger partial charge on any atom is 0.0747 e. The van der Waals surface area contributed by atoms with E-state index in [9.17, 15) is 5.11 Å². The molecule has 0 aromatic heterocycles. The SMILES string of the molecule is C/C1=C/CC/C(C)=C/CCCC1O. The predicted octanol–water partition coefficient (Wildman–Crippen LogP) is 3.20. The molecule has 1 heteroatoms. The van der Waals surface area contributed by atoms with Gasteiger partial charge >= 0.3 is 0 Å². The fourth-order valence-electron chi connectivity index (χ4n) is 1.65. The van der Waals surface area contributed by atoms with Gasteiger partial charge in [0.15, 0.2) is 0 Å². The Morgan fingerprint density at radius 2 is 2.00 bits per heavy atom. The summed E-state index contributed by atoms with van der Waals surface area (Å²) in [7, 11) is 0. The first kappa shape index (κ1) is 10.5. The molecule has 0 saturated carbocycles. The Labute approximate surface area is 81.2 Å². The molecule has 0 amide bonds. The van der Waals surface area contributed by atoms with Crippen LogP contribution in [-0.2, 0) is 0 Å². The molecule has 0 radical (unpaired) electrons. The highest BCUT2D eigenvalue weighted by Gasteiger charge is 2.06. The van der Waals surface area contributed by atoms with Crippen LogP contribution in [0.3, 0.4) is 0 Å². The first-order valence-corrected chi connectivity index (χ1v) is 5.20. The normalized spacial score (nSPS) is 34.2. The van der Waals surface area contributed by atoms with Crippen molar-refractivity contribution in [1.29, 1.82) is 0 Å². The molecule has 1 aliphatic rings. The first-order valence-electron chi connectivity index (χ1n) is 5.20. The smallest absolute Gasteiger partial charge is 0.0747 e. The Balaban J connectivity index is 2.57. The molecule has 0 heterocycles. The third-order valence-corrected chi connectivity index (χ3v) is 2.71. The van der Waals surface area contributed by atoms with Crippen LogP contribution in [-0.4, -0.2) is 11.2 Å². The van der Waals surface area contributed by atoms with E-state index in [0.717, 1.165) is 37.7 Å². The van der Waals surface area contributed by atoms with E-state index in [1.165, 1.54) is 5.57 Å². The quantitative estimate of drug-likeness (QED) is 0.567. The zero-order valence-electron chi connectivity index (χ0n) is 8.71. The third kappa shape index (κ3) is 3.77. The molecule has 13 heavy (non-hydrogen) atoms. The summed E-state index contributed by atoms with van der Waals surface area (Å²) in [6, 6.07) is 0. The second-order valence-corrected chi connectivity index (χ2v) is 3.98. The summed E-state index contributed by atoms with van der Waals surface area (Å²) < 4.78 is 0. The van der Waals surface area contributed by atoms with E-state index in [1.54, 1.807) is 0 Å². The summed E-state index contributed by atoms with van der Waals surface area (Å²) in [6.45, 7) is 4.23. The van der Waals surface area contributed by atoms with Crippen LogP contribution in [0.2, 0.25) is 0 Å². The Kier molecular flexibility index (Phi) is 4.23. The van der Waals surface area contributed by atoms with Gasteiger partial charge in [0.2, 0.25) is 0 Å². The van der Waals surface area contributed by atoms with Gasteiger partial charge in [0, 0.05) is 0 Å². The van der Waals surface area contributed by atoms with E-state index in [0.29, 0.717) is 0 Å². The van der Waals surface area contributed by atoms with E-state index in [1.807, 2.05) is 6.92 Å². The molecule has 0 aliphatic heterocycles. The lowest BCUT2D eigenvalue weighted by Crippen LogP contribution is -2.08. The number of hydrogen-bond acceptors (Lipinski definition) is 1. The molecule has 1 aliphatic carbocycles. The number of rotatable bonds is 0. The van der Waals surface area contributed by atoms with Crippen LogP contribution in [0.15, 0.2) is 23.3 Å². The van der Waals surface area contributed by atoms with Gasteiger partial charge in [-0.1, -0.05) is 17.7 Å². The Morgan fingerprint density at radius 3 is 2.77 bits per heavy atom. The fourth-order valence-corrected chi connectivity index (χ4v) is 1.65. The minimum absolute atomic E-state index is 0.202. The molecule has 1 N–H and O–H groups in total. The minimum atomic E-state index is -0.202. The van der Waals surface area contributed by atoms with Crippen molar-refractivity contribution in [1.82, 2.24) is 0 Å². The molecule has 0 bridgehead atoms. The average Bonchev–Trinajstić information content (AvgIpc) is 2.11. The third-order valence-electron chi connectivity index (χ3n) is 2.71. The van der Waals surface area contributed by atoms with Gasteiger partial charge in [0.25, 0.3) is 0 Å². The van der Waals surface area contributed by atoms with Crippen molar-refractivity contribution in [2.45, 2.75) is 52.1 Å². The lowest BCUT2D eigenvalue weighted by Gasteiger charge is -2.12. The van der Waals surface area contributed by atoms with Gasteiger partial charge in [-0.25, -0.2) is 0 Å². The maximum atomic E-state index is 9.68. The van der Waals surface area contributed by atoms with Gasteiger partial charge in [0.1, 0.15) is 0 Å². The minimum Gasteiger partial charge on any atom is -0.389 e. The van der Waals surface area contributed by atoms with Gasteiger partial charge in [-0.05, 0) is 51.5 Å². The first-order chi connectivity index (χ1) is 6.20. The van der Waals surface area contributed by atoms with Crippen molar-refractivity contribution in [2.24, 2.45) is 0 Å². The molecule has 1 nitrogen and oxygen atoms in total. The summed E-state index contributed by atoms with van der Waals surface area (Å²) >= 11 is 0. The molecule has 1 unspecified atom stereocenters. The Hall–Kier alpha value is -0.560. The number of allylic oxidation sites excluding steroid dienone is 3. The highest BCUT2D eigenvalue weighted by molar-refractivity contribution is 5.08. The molecule has 1 rings (SSSR count). The average molecular weight is 180 g/mol. The maximum absolute atomic E-state index is 9.68. The van der Waals surface area contributed by atoms with Crippen LogP contribution < -0.4 is 0 Å². The summed E-state index contributed by atoms with van der Waals surface area (Å²) in [5.41, 5.74) is 2.63. The zero-order valence-corrected chi connectivity index (χ0v) is 8.71. The molecule has 0 spiro atoms. The van der Waals surface area contributed by atoms with Crippen molar-refractivity contribution in [3.63, 3.8) is 0 Å². The number of aliphatic hydroxyl groups excluding tert-OH is 1. The summed E-state index contributed by atoms with van der Waals surface area (Å²) in [4.78, 5) is 0. The van der Waals surface area contributed by atoms with Gasteiger partial charge in [-0.2, -0.15) is 0 Å². The largest absolute Gasteiger partial charge is 0.389 e. The van der Waals surface area contributed by atoms with E-state index in [-0.39, 0.29) is 6.10 Å². The van der Waals surface area contributed by atoms with Crippen molar-refractivity contribution < 1.29 is 5.11 Å². The standard InChI is InChI=1S/C12H20O/c1-10-6-3-4-9-12(13)11(2)8-5-7-10/h6,8,12-13H,3-5,7,9H2,1-2H3/b10-6+,11-8-. The lowest BCUT2D eigenvalue weighted by molar-refractivity contribution is 0.197. The highest BCUT2D eigenvalue weighted by atomic mass is 16.3. The fraction of sp³-hybridized carbons (Fsp3) is 0.667. The molecule has 0 saturated heterocycles. The lowest BCUT2D eigenvalue weighted by atomic mass is 9.99. The molecule has 0 fully saturated rings. The molecule has 0 aromatic rings. The Bertz CT molecular complexity index is 213. The van der Waals surface area contributed by atoms with Crippen LogP contribution in [0, 0.1) is 0 Å². The molecular weight excluding hydrogens is 160 g/mol. The summed E-state index contributed by atoms with van der Waals surface area (Å²) in [5.74, 6) is 0. The highest BCUT2D eigenvalue weighted by Crippen LogP contribution is 2.16. The zero-order chi connectivity index (χ0) is 9.68. The Morgan fingerprint density at radius 1 is 1.23 bits per heavy atom. The van der Waals surface area contributed by atoms with Crippen molar-refractivity contribution in [3.8, 4) is 0 Å². The van der Waals surface area contributed by atoms with Crippen molar-refractivity contribution >= 4 is 0 Å². The predicted molar refractivity (Wildman–Crippen MR) is 56.6 cm³/mol. The second kappa shape index (κ2) is 5.23. The second-order valence-electron chi connectivity index (χ2n) is 3.98. The van der Waals surface area contributed by atoms with E-state index in [4.69, 9.17) is 0 Å². The van der Waals surface area contributed by atoms with Gasteiger partial charge in [-0.3, -0.25) is 0 Å². The van der Waals surface area contributed by atoms with Crippen LogP contribution in [0.1, 0.15) is 46.0 Å². The molecule has 1 atom stereocenters. The summed E-state index contributed by atoms with van der Waals surface area (Å²) in [6.07, 6.45) is 9.63. The van der Waals surface area contributed by atoms with Crippen molar-refractivity contribution in [3.05, 3.63) is 23.3 Å². The van der Waals surface area contributed by atoms with Crippen LogP contribution in [0.25, 0.3) is 0 Å². The van der Waals surface area contributed by atoms with E-state index >= 15 is 0 Å². The van der Waals surface area contributed by atoms with Gasteiger partial charge in [-0.15, -0.1) is 0 Å². The monoisotopic (exact) mass is 180 g/mol. The molecular formula is C12H20O. The molecule has 74 valence electrons. The molecule has 0 aromatic carbocycles. The van der Waals surface area contributed by atoms with Crippen molar-refractivity contribution in [2.75, 3.05) is 0 Å². The summed E-state index contributed by atoms with van der Waals surface area (Å²) in [5, 5.41) is 9.68. The van der Waals surface area contributed by atoms with Crippen LogP contribution in [0.4, 0.5) is 0 Å². The number of aliphatic hydroxyl groups is 1. The van der Waals surface area contributed by atoms with E-state index in [2.05, 4.69) is 19.1 Å². The van der Waals surface area contributed by atoms with Crippen LogP contribution >= 0.6 is 0 Å². The van der Waals surface area contributed by atoms with Gasteiger partial charge < -0.3 is 5.11 Å². The van der Waals surface area contributed by atoms with Crippen LogP contribution in [0.5, 0.6) is 0 Å². The number of hydrogen-bond donors (Lipinski definition) is 1.